The van der Waals surface area contributed by atoms with Gasteiger partial charge in [-0.05, 0) is 90.7 Å². The highest BCUT2D eigenvalue weighted by molar-refractivity contribution is 8.15. The van der Waals surface area contributed by atoms with E-state index in [4.69, 9.17) is 25.8 Å². The Morgan fingerprint density at radius 3 is 2.32 bits per heavy atom. The summed E-state index contributed by atoms with van der Waals surface area (Å²) in [4.78, 5) is 22.8. The molecular weight excluding hydrogens is 510 g/mol. The molecule has 0 aromatic heterocycles. The molecule has 37 heavy (non-hydrogen) atoms. The van der Waals surface area contributed by atoms with Gasteiger partial charge >= 0.3 is 0 Å². The van der Waals surface area contributed by atoms with E-state index in [0.29, 0.717) is 12.4 Å². The van der Waals surface area contributed by atoms with Gasteiger partial charge in [0.1, 0.15) is 22.5 Å². The number of carbonyl (C=O) groups excluding carboxylic acids is 2. The fourth-order valence-electron chi connectivity index (χ4n) is 3.57. The SMILES string of the molecule is CCCc1cccc(Oc2ccc(Cl)cc2)c1.COCCCCOc1cccc(C2SC(=O)NC2=O)c1. The summed E-state index contributed by atoms with van der Waals surface area (Å²) in [6.07, 6.45) is 4.09. The molecule has 1 heterocycles. The molecule has 0 aliphatic carbocycles. The maximum Gasteiger partial charge on any atom is 0.286 e. The standard InChI is InChI=1S/C15H15ClO.C14H17NO4S/c1-2-4-12-5-3-6-15(11-12)17-14-9-7-13(16)8-10-14;1-18-7-2-3-8-19-11-6-4-5-10(9-11)12-13(16)15-14(17)20-12/h3,5-11H,2,4H2,1H3;4-6,9,12H,2-3,7-8H2,1H3,(H,15,16,17). The van der Waals surface area contributed by atoms with E-state index < -0.39 is 5.25 Å². The minimum atomic E-state index is -0.473. The van der Waals surface area contributed by atoms with Crippen molar-refractivity contribution in [1.82, 2.24) is 5.32 Å². The van der Waals surface area contributed by atoms with Crippen LogP contribution in [0.4, 0.5) is 4.79 Å². The number of rotatable bonds is 11. The molecule has 8 heteroatoms. The van der Waals surface area contributed by atoms with Crippen molar-refractivity contribution >= 4 is 34.5 Å². The summed E-state index contributed by atoms with van der Waals surface area (Å²) >= 11 is 6.82. The molecule has 2 amide bonds. The van der Waals surface area contributed by atoms with Crippen LogP contribution in [0.25, 0.3) is 0 Å². The molecule has 196 valence electrons. The first-order chi connectivity index (χ1) is 18.0. The minimum absolute atomic E-state index is 0.266. The third-order valence-corrected chi connectivity index (χ3v) is 6.64. The number of thioether (sulfide) groups is 1. The highest BCUT2D eigenvalue weighted by Crippen LogP contribution is 2.35. The van der Waals surface area contributed by atoms with Crippen LogP contribution in [0.5, 0.6) is 17.2 Å². The lowest BCUT2D eigenvalue weighted by Crippen LogP contribution is -2.20. The lowest BCUT2D eigenvalue weighted by Gasteiger charge is -2.10. The molecule has 0 radical (unpaired) electrons. The van der Waals surface area contributed by atoms with Crippen molar-refractivity contribution in [2.75, 3.05) is 20.3 Å². The zero-order valence-electron chi connectivity index (χ0n) is 21.1. The van der Waals surface area contributed by atoms with Crippen LogP contribution in [-0.2, 0) is 16.0 Å². The normalized spacial score (nSPS) is 14.5. The van der Waals surface area contributed by atoms with Gasteiger partial charge in [-0.3, -0.25) is 14.9 Å². The van der Waals surface area contributed by atoms with Gasteiger partial charge in [-0.25, -0.2) is 0 Å². The van der Waals surface area contributed by atoms with Gasteiger partial charge in [0.05, 0.1) is 6.61 Å². The molecule has 4 rings (SSSR count). The van der Waals surface area contributed by atoms with Crippen molar-refractivity contribution in [3.63, 3.8) is 0 Å². The predicted molar refractivity (Wildman–Crippen MR) is 149 cm³/mol. The van der Waals surface area contributed by atoms with Gasteiger partial charge in [0.25, 0.3) is 5.24 Å². The molecule has 0 bridgehead atoms. The lowest BCUT2D eigenvalue weighted by molar-refractivity contribution is -0.119. The Kier molecular flexibility index (Phi) is 11.8. The van der Waals surface area contributed by atoms with Crippen LogP contribution >= 0.6 is 23.4 Å². The van der Waals surface area contributed by atoms with Gasteiger partial charge < -0.3 is 14.2 Å². The smallest absolute Gasteiger partial charge is 0.286 e. The van der Waals surface area contributed by atoms with E-state index in [-0.39, 0.29) is 11.1 Å². The number of unbranched alkanes of at least 4 members (excludes halogenated alkanes) is 1. The minimum Gasteiger partial charge on any atom is -0.494 e. The fraction of sp³-hybridized carbons (Fsp3) is 0.310. The van der Waals surface area contributed by atoms with Crippen molar-refractivity contribution in [2.24, 2.45) is 0 Å². The summed E-state index contributed by atoms with van der Waals surface area (Å²) in [6.45, 7) is 3.51. The van der Waals surface area contributed by atoms with Crippen molar-refractivity contribution in [2.45, 2.75) is 37.9 Å². The molecule has 1 atom stereocenters. The lowest BCUT2D eigenvalue weighted by atomic mass is 10.1. The van der Waals surface area contributed by atoms with Gasteiger partial charge in [0, 0.05) is 18.7 Å². The van der Waals surface area contributed by atoms with Gasteiger partial charge in [-0.1, -0.05) is 49.2 Å². The zero-order valence-corrected chi connectivity index (χ0v) is 22.6. The van der Waals surface area contributed by atoms with Crippen LogP contribution in [0.3, 0.4) is 0 Å². The molecule has 3 aromatic carbocycles. The summed E-state index contributed by atoms with van der Waals surface area (Å²) < 4.78 is 16.4. The highest BCUT2D eigenvalue weighted by Gasteiger charge is 2.32. The second-order valence-corrected chi connectivity index (χ2v) is 9.86. The Morgan fingerprint density at radius 1 is 0.892 bits per heavy atom. The summed E-state index contributed by atoms with van der Waals surface area (Å²) in [5.74, 6) is 2.13. The molecule has 6 nitrogen and oxygen atoms in total. The topological polar surface area (TPSA) is 73.9 Å². The van der Waals surface area contributed by atoms with Crippen molar-refractivity contribution < 1.29 is 23.8 Å². The molecular formula is C29H32ClNO5S. The highest BCUT2D eigenvalue weighted by atomic mass is 35.5. The van der Waals surface area contributed by atoms with E-state index in [1.54, 1.807) is 7.11 Å². The average Bonchev–Trinajstić information content (AvgIpc) is 3.24. The maximum absolute atomic E-state index is 11.6. The molecule has 1 saturated heterocycles. The second kappa shape index (κ2) is 15.3. The molecule has 3 aromatic rings. The van der Waals surface area contributed by atoms with Crippen LogP contribution in [0.1, 0.15) is 42.6 Å². The van der Waals surface area contributed by atoms with Gasteiger partial charge in [0.15, 0.2) is 0 Å². The first kappa shape index (κ1) is 28.6. The third kappa shape index (κ3) is 9.76. The number of hydrogen-bond acceptors (Lipinski definition) is 6. The van der Waals surface area contributed by atoms with E-state index in [9.17, 15) is 9.59 Å². The first-order valence-electron chi connectivity index (χ1n) is 12.2. The molecule has 1 N–H and O–H groups in total. The monoisotopic (exact) mass is 541 g/mol. The number of benzene rings is 3. The van der Waals surface area contributed by atoms with Crippen molar-refractivity contribution in [3.8, 4) is 17.2 Å². The predicted octanol–water partition coefficient (Wildman–Crippen LogP) is 7.60. The van der Waals surface area contributed by atoms with Crippen molar-refractivity contribution in [1.29, 1.82) is 0 Å². The van der Waals surface area contributed by atoms with Crippen LogP contribution in [0.15, 0.2) is 72.8 Å². The van der Waals surface area contributed by atoms with Gasteiger partial charge in [-0.2, -0.15) is 0 Å². The number of imide groups is 1. The average molecular weight is 542 g/mol. The fourth-order valence-corrected chi connectivity index (χ4v) is 4.52. The third-order valence-electron chi connectivity index (χ3n) is 5.35. The number of methoxy groups -OCH3 is 1. The second-order valence-electron chi connectivity index (χ2n) is 8.35. The van der Waals surface area contributed by atoms with E-state index in [0.717, 1.165) is 66.1 Å². The Hall–Kier alpha value is -3.00. The van der Waals surface area contributed by atoms with Gasteiger partial charge in [-0.15, -0.1) is 0 Å². The van der Waals surface area contributed by atoms with E-state index >= 15 is 0 Å². The molecule has 1 aliphatic heterocycles. The number of ether oxygens (including phenoxy) is 3. The van der Waals surface area contributed by atoms with E-state index in [1.165, 1.54) is 5.56 Å². The van der Waals surface area contributed by atoms with Crippen LogP contribution in [0, 0.1) is 0 Å². The first-order valence-corrected chi connectivity index (χ1v) is 13.5. The Morgan fingerprint density at radius 2 is 1.62 bits per heavy atom. The maximum atomic E-state index is 11.6. The quantitative estimate of drug-likeness (QED) is 0.252. The van der Waals surface area contributed by atoms with E-state index in [1.807, 2.05) is 60.7 Å². The van der Waals surface area contributed by atoms with Crippen LogP contribution in [0.2, 0.25) is 5.02 Å². The van der Waals surface area contributed by atoms with Crippen LogP contribution in [-0.4, -0.2) is 31.5 Å². The zero-order chi connectivity index (χ0) is 26.5. The summed E-state index contributed by atoms with van der Waals surface area (Å²) in [7, 11) is 1.68. The molecule has 1 fully saturated rings. The number of nitrogens with one attached hydrogen (secondary N) is 1. The summed E-state index contributed by atoms with van der Waals surface area (Å²) in [5, 5.41) is 2.23. The van der Waals surface area contributed by atoms with E-state index in [2.05, 4.69) is 24.4 Å². The summed E-state index contributed by atoms with van der Waals surface area (Å²) in [5.41, 5.74) is 2.09. The molecule has 1 unspecified atom stereocenters. The number of aryl methyl sites for hydroxylation is 1. The number of halogens is 1. The van der Waals surface area contributed by atoms with Crippen LogP contribution < -0.4 is 14.8 Å². The Bertz CT molecular complexity index is 1160. The molecule has 1 aliphatic rings. The number of amides is 2. The Labute approximate surface area is 227 Å². The number of carbonyl (C=O) groups is 2. The Balaban J connectivity index is 0.000000208. The van der Waals surface area contributed by atoms with Crippen molar-refractivity contribution in [3.05, 3.63) is 88.9 Å². The molecule has 0 saturated carbocycles. The summed E-state index contributed by atoms with van der Waals surface area (Å²) in [6, 6.07) is 22.9. The molecule has 0 spiro atoms. The largest absolute Gasteiger partial charge is 0.494 e. The van der Waals surface area contributed by atoms with Gasteiger partial charge in [0.2, 0.25) is 5.91 Å². The number of hydrogen-bond donors (Lipinski definition) is 1.